The minimum atomic E-state index is 0.587. The lowest BCUT2D eigenvalue weighted by Gasteiger charge is -2.14. The second kappa shape index (κ2) is 9.36. The van der Waals surface area contributed by atoms with Gasteiger partial charge in [-0.25, -0.2) is 4.98 Å². The van der Waals surface area contributed by atoms with E-state index in [-0.39, 0.29) is 0 Å². The summed E-state index contributed by atoms with van der Waals surface area (Å²) in [5.41, 5.74) is 7.56. The van der Waals surface area contributed by atoms with Gasteiger partial charge in [0, 0.05) is 47.5 Å². The van der Waals surface area contributed by atoms with Gasteiger partial charge in [0.2, 0.25) is 5.71 Å². The van der Waals surface area contributed by atoms with E-state index >= 15 is 0 Å². The first kappa shape index (κ1) is 24.6. The molecule has 0 N–H and O–H groups in total. The van der Waals surface area contributed by atoms with Crippen LogP contribution in [0.2, 0.25) is 0 Å². The maximum Gasteiger partial charge on any atom is 0.231 e. The number of aromatic nitrogens is 3. The van der Waals surface area contributed by atoms with Gasteiger partial charge >= 0.3 is 0 Å². The van der Waals surface area contributed by atoms with Crippen molar-refractivity contribution in [1.29, 1.82) is 0 Å². The van der Waals surface area contributed by atoms with Crippen LogP contribution >= 0.6 is 11.3 Å². The van der Waals surface area contributed by atoms with E-state index in [1.807, 2.05) is 47.7 Å². The standard InChI is InChI=1S/C40H23N3OS/c1-2-12-24(13-3-1)38-37-28-17-6-10-20-34(28)44-40(37)42-39(41-38)27-16-5-9-19-32(27)43-31-18-8-4-14-25(31)29-22-30-26-15-7-11-21-35(26)45-36(30)23-33(29)43/h1-23H. The van der Waals surface area contributed by atoms with Crippen molar-refractivity contribution in [3.63, 3.8) is 0 Å². The molecule has 0 radical (unpaired) electrons. The normalized spacial score (nSPS) is 12.0. The lowest BCUT2D eigenvalue weighted by Crippen LogP contribution is -2.00. The van der Waals surface area contributed by atoms with Crippen molar-refractivity contribution >= 4 is 75.4 Å². The predicted molar refractivity (Wildman–Crippen MR) is 187 cm³/mol. The average Bonchev–Trinajstić information content (AvgIpc) is 3.76. The summed E-state index contributed by atoms with van der Waals surface area (Å²) >= 11 is 1.84. The zero-order valence-corrected chi connectivity index (χ0v) is 24.8. The van der Waals surface area contributed by atoms with Gasteiger partial charge in [0.25, 0.3) is 0 Å². The molecule has 0 saturated heterocycles. The van der Waals surface area contributed by atoms with Crippen LogP contribution in [-0.4, -0.2) is 14.5 Å². The number of benzene rings is 6. The number of hydrogen-bond donors (Lipinski definition) is 0. The third kappa shape index (κ3) is 3.59. The van der Waals surface area contributed by atoms with E-state index in [0.29, 0.717) is 11.5 Å². The third-order valence-corrected chi connectivity index (χ3v) is 9.98. The molecule has 6 aromatic carbocycles. The van der Waals surface area contributed by atoms with E-state index in [1.54, 1.807) is 0 Å². The van der Waals surface area contributed by atoms with Crippen LogP contribution in [0.1, 0.15) is 0 Å². The van der Waals surface area contributed by atoms with Crippen LogP contribution < -0.4 is 0 Å². The monoisotopic (exact) mass is 593 g/mol. The van der Waals surface area contributed by atoms with Crippen molar-refractivity contribution in [2.24, 2.45) is 0 Å². The Morgan fingerprint density at radius 1 is 0.533 bits per heavy atom. The van der Waals surface area contributed by atoms with E-state index in [1.165, 1.54) is 30.9 Å². The Hall–Kier alpha value is -5.78. The topological polar surface area (TPSA) is 43.9 Å². The lowest BCUT2D eigenvalue weighted by atomic mass is 10.1. The minimum Gasteiger partial charge on any atom is -0.438 e. The molecule has 4 aromatic heterocycles. The number of hydrogen-bond acceptors (Lipinski definition) is 4. The average molecular weight is 594 g/mol. The second-order valence-electron chi connectivity index (χ2n) is 11.4. The SMILES string of the molecule is c1ccc(-c2nc(-c3ccccc3-n3c4ccccc4c4cc5c(cc43)sc3ccccc35)nc3oc4ccccc4c23)cc1. The number of rotatable bonds is 3. The first-order valence-electron chi connectivity index (χ1n) is 15.0. The zero-order valence-electron chi connectivity index (χ0n) is 23.9. The maximum absolute atomic E-state index is 6.37. The first-order chi connectivity index (χ1) is 22.3. The molecule has 4 nitrogen and oxygen atoms in total. The van der Waals surface area contributed by atoms with Crippen molar-refractivity contribution in [3.8, 4) is 28.3 Å². The van der Waals surface area contributed by atoms with E-state index in [0.717, 1.165) is 49.9 Å². The highest BCUT2D eigenvalue weighted by Gasteiger charge is 2.22. The highest BCUT2D eigenvalue weighted by molar-refractivity contribution is 7.25. The summed E-state index contributed by atoms with van der Waals surface area (Å²) in [5.74, 6) is 0.630. The van der Waals surface area contributed by atoms with Gasteiger partial charge in [-0.15, -0.1) is 11.3 Å². The van der Waals surface area contributed by atoms with E-state index in [2.05, 4.69) is 108 Å². The van der Waals surface area contributed by atoms with Crippen molar-refractivity contribution in [1.82, 2.24) is 14.5 Å². The highest BCUT2D eigenvalue weighted by atomic mass is 32.1. The fourth-order valence-electron chi connectivity index (χ4n) is 6.85. The van der Waals surface area contributed by atoms with Gasteiger partial charge in [0.15, 0.2) is 5.82 Å². The highest BCUT2D eigenvalue weighted by Crippen LogP contribution is 2.42. The van der Waals surface area contributed by atoms with Gasteiger partial charge in [0.05, 0.1) is 27.8 Å². The fraction of sp³-hybridized carbons (Fsp3) is 0. The van der Waals surface area contributed by atoms with Gasteiger partial charge in [-0.1, -0.05) is 97.1 Å². The Kier molecular flexibility index (Phi) is 5.12. The number of para-hydroxylation sites is 3. The molecule has 0 amide bonds. The Balaban J connectivity index is 1.29. The molecule has 0 fully saturated rings. The summed E-state index contributed by atoms with van der Waals surface area (Å²) in [5, 5.41) is 7.00. The van der Waals surface area contributed by atoms with Crippen LogP contribution in [0.15, 0.2) is 144 Å². The smallest absolute Gasteiger partial charge is 0.231 e. The van der Waals surface area contributed by atoms with E-state index in [9.17, 15) is 0 Å². The second-order valence-corrected chi connectivity index (χ2v) is 12.5. The van der Waals surface area contributed by atoms with E-state index < -0.39 is 0 Å². The summed E-state index contributed by atoms with van der Waals surface area (Å²) < 4.78 is 11.3. The van der Waals surface area contributed by atoms with Gasteiger partial charge in [0.1, 0.15) is 5.58 Å². The summed E-state index contributed by atoms with van der Waals surface area (Å²) in [7, 11) is 0. The fourth-order valence-corrected chi connectivity index (χ4v) is 7.97. The molecule has 210 valence electrons. The van der Waals surface area contributed by atoms with Gasteiger partial charge < -0.3 is 8.98 Å². The molecular formula is C40H23N3OS. The van der Waals surface area contributed by atoms with Crippen molar-refractivity contribution < 1.29 is 4.42 Å². The molecule has 0 unspecified atom stereocenters. The molecule has 10 rings (SSSR count). The summed E-state index contributed by atoms with van der Waals surface area (Å²) in [6.07, 6.45) is 0. The molecule has 0 saturated carbocycles. The third-order valence-electron chi connectivity index (χ3n) is 8.84. The van der Waals surface area contributed by atoms with Crippen molar-refractivity contribution in [2.75, 3.05) is 0 Å². The lowest BCUT2D eigenvalue weighted by molar-refractivity contribution is 0.653. The Morgan fingerprint density at radius 2 is 1.27 bits per heavy atom. The Morgan fingerprint density at radius 3 is 2.18 bits per heavy atom. The molecule has 0 atom stereocenters. The first-order valence-corrected chi connectivity index (χ1v) is 15.8. The summed E-state index contributed by atoms with van der Waals surface area (Å²) in [6, 6.07) is 48.9. The predicted octanol–water partition coefficient (Wildman–Crippen LogP) is 11.2. The number of thiophene rings is 1. The molecule has 10 aromatic rings. The molecule has 45 heavy (non-hydrogen) atoms. The molecular weight excluding hydrogens is 571 g/mol. The van der Waals surface area contributed by atoms with Crippen LogP contribution in [-0.2, 0) is 0 Å². The molecule has 0 aliphatic carbocycles. The quantitative estimate of drug-likeness (QED) is 0.205. The van der Waals surface area contributed by atoms with Crippen LogP contribution in [0.4, 0.5) is 0 Å². The minimum absolute atomic E-state index is 0.587. The maximum atomic E-state index is 6.37. The molecule has 0 bridgehead atoms. The van der Waals surface area contributed by atoms with Crippen LogP contribution in [0.5, 0.6) is 0 Å². The largest absolute Gasteiger partial charge is 0.438 e. The van der Waals surface area contributed by atoms with Gasteiger partial charge in [-0.3, -0.25) is 0 Å². The summed E-state index contributed by atoms with van der Waals surface area (Å²) in [6.45, 7) is 0. The van der Waals surface area contributed by atoms with Crippen LogP contribution in [0.3, 0.4) is 0 Å². The van der Waals surface area contributed by atoms with Crippen LogP contribution in [0.25, 0.3) is 92.4 Å². The number of furan rings is 1. The molecule has 0 spiro atoms. The molecule has 4 heterocycles. The molecule has 0 aliphatic rings. The van der Waals surface area contributed by atoms with Gasteiger partial charge in [-0.05, 0) is 42.5 Å². The van der Waals surface area contributed by atoms with Crippen molar-refractivity contribution in [2.45, 2.75) is 0 Å². The van der Waals surface area contributed by atoms with Crippen LogP contribution in [0, 0.1) is 0 Å². The Bertz CT molecular complexity index is 2770. The number of fused-ring (bicyclic) bond motifs is 9. The summed E-state index contributed by atoms with van der Waals surface area (Å²) in [4.78, 5) is 10.4. The molecule has 5 heteroatoms. The molecule has 0 aliphatic heterocycles. The number of nitrogens with zero attached hydrogens (tertiary/aromatic N) is 3. The van der Waals surface area contributed by atoms with E-state index in [4.69, 9.17) is 14.4 Å². The zero-order chi connectivity index (χ0) is 29.5. The van der Waals surface area contributed by atoms with Gasteiger partial charge in [-0.2, -0.15) is 4.98 Å². The van der Waals surface area contributed by atoms with Crippen molar-refractivity contribution in [3.05, 3.63) is 140 Å². The Labute approximate surface area is 261 Å².